The highest BCUT2D eigenvalue weighted by Crippen LogP contribution is 2.29. The number of hydrogen-bond donors (Lipinski definition) is 0. The van der Waals surface area contributed by atoms with E-state index in [2.05, 4.69) is 4.98 Å². The first-order chi connectivity index (χ1) is 13.0. The molecule has 1 fully saturated rings. The molecule has 1 saturated heterocycles. The highest BCUT2D eigenvalue weighted by atomic mass is 16.3. The van der Waals surface area contributed by atoms with Crippen LogP contribution in [0.1, 0.15) is 35.1 Å². The Balaban J connectivity index is 1.62. The van der Waals surface area contributed by atoms with Gasteiger partial charge in [-0.15, -0.1) is 0 Å². The zero-order chi connectivity index (χ0) is 19.1. The third kappa shape index (κ3) is 2.97. The summed E-state index contributed by atoms with van der Waals surface area (Å²) in [4.78, 5) is 43.2. The maximum Gasteiger partial charge on any atom is 0.331 e. The van der Waals surface area contributed by atoms with E-state index in [0.29, 0.717) is 19.0 Å². The Bertz CT molecular complexity index is 1110. The summed E-state index contributed by atoms with van der Waals surface area (Å²) in [6.45, 7) is 1.01. The fraction of sp³-hybridized carbons (Fsp3) is 0.368. The van der Waals surface area contributed by atoms with Gasteiger partial charge in [-0.05, 0) is 25.0 Å². The highest BCUT2D eigenvalue weighted by Gasteiger charge is 2.30. The molecule has 8 nitrogen and oxygen atoms in total. The average Bonchev–Trinajstić information content (AvgIpc) is 3.13. The van der Waals surface area contributed by atoms with Crippen molar-refractivity contribution in [1.82, 2.24) is 19.0 Å². The molecular weight excluding hydrogens is 348 g/mol. The zero-order valence-corrected chi connectivity index (χ0v) is 15.2. The first kappa shape index (κ1) is 17.3. The molecule has 0 saturated carbocycles. The second kappa shape index (κ2) is 6.53. The zero-order valence-electron chi connectivity index (χ0n) is 15.2. The predicted molar refractivity (Wildman–Crippen MR) is 98.8 cm³/mol. The number of aromatic nitrogens is 3. The number of carbonyl (C=O) groups excluding carboxylic acids is 1. The van der Waals surface area contributed by atoms with Crippen molar-refractivity contribution in [2.75, 3.05) is 13.1 Å². The van der Waals surface area contributed by atoms with Crippen LogP contribution in [0.3, 0.4) is 0 Å². The van der Waals surface area contributed by atoms with Gasteiger partial charge in [0.1, 0.15) is 11.2 Å². The van der Waals surface area contributed by atoms with Crippen LogP contribution in [0.15, 0.2) is 44.3 Å². The Morgan fingerprint density at radius 2 is 1.96 bits per heavy atom. The van der Waals surface area contributed by atoms with Gasteiger partial charge in [0.05, 0.1) is 5.92 Å². The largest absolute Gasteiger partial charge is 0.440 e. The van der Waals surface area contributed by atoms with Crippen LogP contribution in [0.2, 0.25) is 0 Å². The highest BCUT2D eigenvalue weighted by molar-refractivity contribution is 5.92. The van der Waals surface area contributed by atoms with Crippen molar-refractivity contribution >= 4 is 17.0 Å². The lowest BCUT2D eigenvalue weighted by Crippen LogP contribution is -2.44. The van der Waals surface area contributed by atoms with Crippen molar-refractivity contribution in [2.24, 2.45) is 14.1 Å². The first-order valence-electron chi connectivity index (χ1n) is 8.87. The molecule has 1 aromatic carbocycles. The number of piperidine rings is 1. The van der Waals surface area contributed by atoms with Gasteiger partial charge >= 0.3 is 5.69 Å². The molecule has 0 bridgehead atoms. The van der Waals surface area contributed by atoms with Gasteiger partial charge < -0.3 is 9.32 Å². The number of carbonyl (C=O) groups is 1. The molecule has 27 heavy (non-hydrogen) atoms. The van der Waals surface area contributed by atoms with E-state index in [-0.39, 0.29) is 17.5 Å². The number of rotatable bonds is 2. The van der Waals surface area contributed by atoms with Crippen LogP contribution in [-0.2, 0) is 14.1 Å². The number of benzene rings is 1. The van der Waals surface area contributed by atoms with Crippen molar-refractivity contribution in [3.05, 3.63) is 62.8 Å². The predicted octanol–water partition coefficient (Wildman–Crippen LogP) is 1.24. The molecule has 2 aromatic heterocycles. The van der Waals surface area contributed by atoms with E-state index >= 15 is 0 Å². The molecular formula is C19H20N4O4. The average molecular weight is 368 g/mol. The number of amides is 1. The van der Waals surface area contributed by atoms with Gasteiger partial charge in [-0.1, -0.05) is 12.1 Å². The van der Waals surface area contributed by atoms with Gasteiger partial charge in [-0.25, -0.2) is 9.78 Å². The maximum atomic E-state index is 13.0. The molecule has 0 N–H and O–H groups in total. The molecule has 0 spiro atoms. The van der Waals surface area contributed by atoms with Crippen LogP contribution in [0, 0.1) is 0 Å². The van der Waals surface area contributed by atoms with E-state index < -0.39 is 11.2 Å². The summed E-state index contributed by atoms with van der Waals surface area (Å²) in [5.74, 6) is 0.276. The fourth-order valence-electron chi connectivity index (χ4n) is 3.53. The minimum absolute atomic E-state index is 0.0151. The summed E-state index contributed by atoms with van der Waals surface area (Å²) in [5, 5.41) is 0. The minimum atomic E-state index is -0.515. The van der Waals surface area contributed by atoms with Crippen molar-refractivity contribution in [3.63, 3.8) is 0 Å². The van der Waals surface area contributed by atoms with Gasteiger partial charge in [0.15, 0.2) is 11.5 Å². The van der Waals surface area contributed by atoms with Crippen molar-refractivity contribution < 1.29 is 9.21 Å². The molecule has 1 aliphatic heterocycles. The molecule has 4 rings (SSSR count). The Labute approximate surface area is 154 Å². The molecule has 0 radical (unpaired) electrons. The minimum Gasteiger partial charge on any atom is -0.440 e. The maximum absolute atomic E-state index is 13.0. The number of fused-ring (bicyclic) bond motifs is 1. The SMILES string of the molecule is Cn1c(C(=O)N2CCC[C@@H](c3nc4ccccc4o3)C2)cc(=O)n(C)c1=O. The standard InChI is InChI=1S/C19H20N4O4/c1-21-14(10-16(24)22(2)19(21)26)18(25)23-9-5-6-12(11-23)17-20-13-7-3-4-8-15(13)27-17/h3-4,7-8,10,12H,5-6,9,11H2,1-2H3/t12-/m1/s1. The van der Waals surface area contributed by atoms with Crippen molar-refractivity contribution in [3.8, 4) is 0 Å². The molecule has 3 aromatic rings. The monoisotopic (exact) mass is 368 g/mol. The van der Waals surface area contributed by atoms with Gasteiger partial charge in [-0.3, -0.25) is 18.7 Å². The smallest absolute Gasteiger partial charge is 0.331 e. The number of oxazole rings is 1. The van der Waals surface area contributed by atoms with E-state index in [4.69, 9.17) is 4.42 Å². The number of nitrogens with zero attached hydrogens (tertiary/aromatic N) is 4. The number of para-hydroxylation sites is 2. The lowest BCUT2D eigenvalue weighted by molar-refractivity contribution is 0.0686. The lowest BCUT2D eigenvalue weighted by Gasteiger charge is -2.31. The molecule has 8 heteroatoms. The van der Waals surface area contributed by atoms with Crippen LogP contribution < -0.4 is 11.2 Å². The van der Waals surface area contributed by atoms with E-state index in [1.165, 1.54) is 24.7 Å². The Hall–Kier alpha value is -3.16. The van der Waals surface area contributed by atoms with E-state index in [1.54, 1.807) is 4.90 Å². The van der Waals surface area contributed by atoms with Crippen LogP contribution in [0.4, 0.5) is 0 Å². The molecule has 0 aliphatic carbocycles. The lowest BCUT2D eigenvalue weighted by atomic mass is 9.97. The molecule has 140 valence electrons. The van der Waals surface area contributed by atoms with Gasteiger partial charge in [0.2, 0.25) is 0 Å². The van der Waals surface area contributed by atoms with Gasteiger partial charge in [0, 0.05) is 33.3 Å². The summed E-state index contributed by atoms with van der Waals surface area (Å²) in [6.07, 6.45) is 1.67. The first-order valence-corrected chi connectivity index (χ1v) is 8.87. The summed E-state index contributed by atoms with van der Waals surface area (Å²) >= 11 is 0. The molecule has 1 atom stereocenters. The van der Waals surface area contributed by atoms with Crippen LogP contribution in [0.5, 0.6) is 0 Å². The normalized spacial score (nSPS) is 17.4. The van der Waals surface area contributed by atoms with E-state index in [1.807, 2.05) is 24.3 Å². The topological polar surface area (TPSA) is 90.3 Å². The Morgan fingerprint density at radius 1 is 1.19 bits per heavy atom. The third-order valence-corrected chi connectivity index (χ3v) is 5.11. The van der Waals surface area contributed by atoms with Gasteiger partial charge in [-0.2, -0.15) is 0 Å². The number of likely N-dealkylation sites (tertiary alicyclic amines) is 1. The van der Waals surface area contributed by atoms with Crippen LogP contribution >= 0.6 is 0 Å². The number of hydrogen-bond acceptors (Lipinski definition) is 5. The second-order valence-corrected chi connectivity index (χ2v) is 6.88. The van der Waals surface area contributed by atoms with Crippen LogP contribution in [0.25, 0.3) is 11.1 Å². The quantitative estimate of drug-likeness (QED) is 0.679. The molecule has 3 heterocycles. The van der Waals surface area contributed by atoms with E-state index in [0.717, 1.165) is 28.5 Å². The summed E-state index contributed by atoms with van der Waals surface area (Å²) in [5.41, 5.74) is 0.614. The third-order valence-electron chi connectivity index (χ3n) is 5.11. The van der Waals surface area contributed by atoms with Gasteiger partial charge in [0.25, 0.3) is 11.5 Å². The van der Waals surface area contributed by atoms with Crippen LogP contribution in [-0.4, -0.2) is 38.0 Å². The fourth-order valence-corrected chi connectivity index (χ4v) is 3.53. The summed E-state index contributed by atoms with van der Waals surface area (Å²) in [7, 11) is 2.89. The summed E-state index contributed by atoms with van der Waals surface area (Å²) < 4.78 is 8.06. The molecule has 0 unspecified atom stereocenters. The molecule has 1 aliphatic rings. The van der Waals surface area contributed by atoms with Crippen molar-refractivity contribution in [2.45, 2.75) is 18.8 Å². The Kier molecular flexibility index (Phi) is 4.18. The van der Waals surface area contributed by atoms with E-state index in [9.17, 15) is 14.4 Å². The summed E-state index contributed by atoms with van der Waals surface area (Å²) in [6, 6.07) is 8.77. The molecule has 1 amide bonds. The Morgan fingerprint density at radius 3 is 2.74 bits per heavy atom. The van der Waals surface area contributed by atoms with Crippen molar-refractivity contribution in [1.29, 1.82) is 0 Å². The second-order valence-electron chi connectivity index (χ2n) is 6.88.